The lowest BCUT2D eigenvalue weighted by molar-refractivity contribution is -0.156. The van der Waals surface area contributed by atoms with Gasteiger partial charge in [-0.05, 0) is 79.0 Å². The highest BCUT2D eigenvalue weighted by Crippen LogP contribution is 2.69. The van der Waals surface area contributed by atoms with E-state index in [9.17, 15) is 33.5 Å². The second-order valence-corrected chi connectivity index (χ2v) is 15.7. The number of imide groups is 1. The minimum atomic E-state index is -1.22. The van der Waals surface area contributed by atoms with Crippen LogP contribution in [-0.2, 0) is 19.2 Å². The Balaban J connectivity index is 1.23. The summed E-state index contributed by atoms with van der Waals surface area (Å²) in [6.45, 7) is 3.36. The second kappa shape index (κ2) is 12.1. The molecule has 8 atom stereocenters. The summed E-state index contributed by atoms with van der Waals surface area (Å²) in [6, 6.07) is 9.19. The van der Waals surface area contributed by atoms with Gasteiger partial charge in [-0.1, -0.05) is 36.8 Å². The fraction of sp³-hybridized carbons (Fsp3) is 0.424. The maximum Gasteiger partial charge on any atom is 0.326 e. The fourth-order valence-corrected chi connectivity index (χ4v) is 11.3. The maximum absolute atomic E-state index is 14.0. The lowest BCUT2D eigenvalue weighted by atomic mass is 9.68. The summed E-state index contributed by atoms with van der Waals surface area (Å²) in [7, 11) is 0. The monoisotopic (exact) mass is 699 g/mol. The molecule has 1 saturated heterocycles. The first-order valence-corrected chi connectivity index (χ1v) is 17.5. The zero-order chi connectivity index (χ0) is 33.3. The normalized spacial score (nSPS) is 27.9. The number of aliphatic carboxylic acids is 1. The van der Waals surface area contributed by atoms with Crippen LogP contribution in [0.3, 0.4) is 0 Å². The van der Waals surface area contributed by atoms with Crippen LogP contribution < -0.4 is 14.9 Å². The third-order valence-corrected chi connectivity index (χ3v) is 12.7. The van der Waals surface area contributed by atoms with E-state index in [0.717, 1.165) is 21.1 Å². The van der Waals surface area contributed by atoms with Crippen molar-refractivity contribution in [3.05, 3.63) is 73.4 Å². The molecule has 0 radical (unpaired) electrons. The molecule has 3 fully saturated rings. The van der Waals surface area contributed by atoms with Crippen LogP contribution in [0.15, 0.2) is 52.3 Å². The number of amides is 3. The summed E-state index contributed by atoms with van der Waals surface area (Å²) in [4.78, 5) is 70.2. The van der Waals surface area contributed by atoms with E-state index < -0.39 is 53.3 Å². The number of halogens is 2. The fourth-order valence-electron chi connectivity index (χ4n) is 8.23. The van der Waals surface area contributed by atoms with Gasteiger partial charge in [0.15, 0.2) is 6.61 Å². The minimum absolute atomic E-state index is 0.0387. The van der Waals surface area contributed by atoms with Crippen LogP contribution in [0.1, 0.15) is 43.0 Å². The number of ether oxygens (including phenoxy) is 1. The predicted molar refractivity (Wildman–Crippen MR) is 173 cm³/mol. The average Bonchev–Trinajstić information content (AvgIpc) is 3.75. The van der Waals surface area contributed by atoms with Crippen molar-refractivity contribution in [1.82, 2.24) is 9.88 Å². The Morgan fingerprint density at radius 3 is 2.49 bits per heavy atom. The predicted octanol–water partition coefficient (Wildman–Crippen LogP) is 5.22. The molecule has 2 aliphatic carbocycles. The number of H-pyrrole nitrogens is 1. The molecule has 3 aromatic rings. The third kappa shape index (κ3) is 5.45. The van der Waals surface area contributed by atoms with Gasteiger partial charge in [-0.15, -0.1) is 11.8 Å². The summed E-state index contributed by atoms with van der Waals surface area (Å²) >= 11 is 9.12. The van der Waals surface area contributed by atoms with E-state index >= 15 is 0 Å². The van der Waals surface area contributed by atoms with E-state index in [2.05, 4.69) is 10.3 Å². The number of aromatic amines is 1. The van der Waals surface area contributed by atoms with Crippen molar-refractivity contribution in [2.45, 2.75) is 48.9 Å². The summed E-state index contributed by atoms with van der Waals surface area (Å²) in [5, 5.41) is 13.7. The number of thiazole rings is 1. The van der Waals surface area contributed by atoms with Crippen molar-refractivity contribution in [3.63, 3.8) is 0 Å². The molecule has 2 aromatic carbocycles. The summed E-state index contributed by atoms with van der Waals surface area (Å²) in [6.07, 6.45) is 0.791. The van der Waals surface area contributed by atoms with Gasteiger partial charge in [-0.25, -0.2) is 9.18 Å². The topological polar surface area (TPSA) is 146 Å². The van der Waals surface area contributed by atoms with E-state index in [4.69, 9.17) is 16.3 Å². The van der Waals surface area contributed by atoms with Gasteiger partial charge in [-0.3, -0.25) is 24.1 Å². The zero-order valence-corrected chi connectivity index (χ0v) is 27.7. The minimum Gasteiger partial charge on any atom is -0.483 e. The second-order valence-electron chi connectivity index (χ2n) is 13.0. The molecule has 3 N–H and O–H groups in total. The smallest absolute Gasteiger partial charge is 0.326 e. The number of carbonyl (C=O) groups is 4. The molecule has 1 aromatic heterocycles. The van der Waals surface area contributed by atoms with Crippen LogP contribution >= 0.6 is 34.7 Å². The van der Waals surface area contributed by atoms with Crippen molar-refractivity contribution in [1.29, 1.82) is 0 Å². The summed E-state index contributed by atoms with van der Waals surface area (Å²) in [5.41, 5.74) is 1.06. The number of carboxylic acids is 1. The number of nitrogens with one attached hydrogen (secondary N) is 2. The van der Waals surface area contributed by atoms with Crippen LogP contribution in [0, 0.1) is 41.3 Å². The van der Waals surface area contributed by atoms with E-state index in [1.54, 1.807) is 18.2 Å². The number of anilines is 1. The van der Waals surface area contributed by atoms with Gasteiger partial charge in [0.2, 0.25) is 11.8 Å². The summed E-state index contributed by atoms with van der Waals surface area (Å²) in [5.74, 6) is -4.95. The van der Waals surface area contributed by atoms with Gasteiger partial charge < -0.3 is 20.1 Å². The number of hydrogen-bond acceptors (Lipinski definition) is 8. The highest BCUT2D eigenvalue weighted by atomic mass is 35.5. The van der Waals surface area contributed by atoms with Crippen LogP contribution in [0.2, 0.25) is 5.02 Å². The number of hydrogen-bond donors (Lipinski definition) is 3. The molecule has 0 spiro atoms. The van der Waals surface area contributed by atoms with E-state index in [1.807, 2.05) is 13.8 Å². The van der Waals surface area contributed by atoms with E-state index in [0.29, 0.717) is 33.5 Å². The first-order chi connectivity index (χ1) is 22.4. The van der Waals surface area contributed by atoms with Gasteiger partial charge in [-0.2, -0.15) is 0 Å². The van der Waals surface area contributed by atoms with Crippen LogP contribution in [0.25, 0.3) is 0 Å². The Bertz CT molecular complexity index is 1850. The first-order valence-electron chi connectivity index (χ1n) is 15.4. The number of aromatic nitrogens is 1. The number of fused-ring (bicyclic) bond motifs is 9. The molecule has 3 amide bonds. The number of thioether (sulfide) groups is 1. The van der Waals surface area contributed by atoms with Gasteiger partial charge in [0.1, 0.15) is 17.6 Å². The molecule has 2 saturated carbocycles. The third-order valence-electron chi connectivity index (χ3n) is 9.84. The Hall–Kier alpha value is -3.68. The van der Waals surface area contributed by atoms with Crippen LogP contribution in [0.4, 0.5) is 10.1 Å². The Kier molecular flexibility index (Phi) is 8.20. The molecule has 14 heteroatoms. The zero-order valence-electron chi connectivity index (χ0n) is 25.3. The molecule has 10 nitrogen and oxygen atoms in total. The number of nitrogens with zero attached hydrogens (tertiary/aromatic N) is 1. The maximum atomic E-state index is 14.0. The Labute approximate surface area is 282 Å². The molecule has 7 unspecified atom stereocenters. The molecular formula is C33H31ClFN3O7S2. The molecule has 7 rings (SSSR count). The highest BCUT2D eigenvalue weighted by molar-refractivity contribution is 8.00. The van der Waals surface area contributed by atoms with Gasteiger partial charge in [0, 0.05) is 32.3 Å². The molecule has 246 valence electrons. The number of benzene rings is 2. The van der Waals surface area contributed by atoms with Crippen molar-refractivity contribution >= 4 is 64.1 Å². The number of rotatable bonds is 9. The van der Waals surface area contributed by atoms with E-state index in [1.165, 1.54) is 36.0 Å². The quantitative estimate of drug-likeness (QED) is 0.258. The lowest BCUT2D eigenvalue weighted by Gasteiger charge is -2.43. The first kappa shape index (κ1) is 31.9. The molecule has 4 aliphatic rings. The molecular weight excluding hydrogens is 669 g/mol. The Morgan fingerprint density at radius 2 is 1.81 bits per heavy atom. The highest BCUT2D eigenvalue weighted by Gasteiger charge is 2.70. The van der Waals surface area contributed by atoms with Crippen molar-refractivity contribution in [2.75, 3.05) is 11.9 Å². The summed E-state index contributed by atoms with van der Waals surface area (Å²) < 4.78 is 19.4. The van der Waals surface area contributed by atoms with Gasteiger partial charge >= 0.3 is 10.8 Å². The van der Waals surface area contributed by atoms with Crippen molar-refractivity contribution in [3.8, 4) is 5.75 Å². The van der Waals surface area contributed by atoms with Crippen LogP contribution in [-0.4, -0.2) is 56.6 Å². The lowest BCUT2D eigenvalue weighted by Crippen LogP contribution is -2.47. The molecule has 3 heterocycles. The SMILES string of the molecule is CC(C)CC(C(=O)O)N1C(=O)C2C3CC(C2C1=O)C1C3Sc2[nH]c(=O)sc2[C@@H]1c1cc(Cl)ccc1OCC(=O)Nc1ccc(F)cc1. The van der Waals surface area contributed by atoms with E-state index in [-0.39, 0.29) is 46.8 Å². The van der Waals surface area contributed by atoms with Gasteiger partial charge in [0.25, 0.3) is 5.91 Å². The van der Waals surface area contributed by atoms with Crippen molar-refractivity contribution < 1.29 is 33.4 Å². The Morgan fingerprint density at radius 1 is 1.11 bits per heavy atom. The number of carbonyl (C=O) groups excluding carboxylic acids is 3. The van der Waals surface area contributed by atoms with Gasteiger partial charge in [0.05, 0.1) is 16.9 Å². The molecule has 47 heavy (non-hydrogen) atoms. The number of likely N-dealkylation sites (tertiary alicyclic amines) is 1. The van der Waals surface area contributed by atoms with Crippen LogP contribution in [0.5, 0.6) is 5.75 Å². The standard InChI is InChI=1S/C33H31ClFN3O7S2/c1-13(2)9-20(32(42)43)38-30(40)25-18-11-19(26(25)31(38)41)27-24(18)23(28-29(46-27)37-33(44)47-28)17-10-14(34)3-8-21(17)45-12-22(39)36-16-6-4-15(35)5-7-16/h3-8,10,13,18-20,23-27H,9,11-12H2,1-2H3,(H,36,39)(H,37,44)(H,42,43)/t18?,19?,20?,23-,24?,25?,26?,27?/m1/s1. The molecule has 2 bridgehead atoms. The van der Waals surface area contributed by atoms with Crippen molar-refractivity contribution in [2.24, 2.45) is 35.5 Å². The average molecular weight is 700 g/mol. The largest absolute Gasteiger partial charge is 0.483 e. The number of carboxylic acid groups (broad SMARTS) is 1. The molecule has 2 aliphatic heterocycles.